The standard InChI is InChI=1S/C24H29N5/c1-16-8-6-7-11-20(16)24-23(19-12-13-22-21(14-19)17(2)25-26-22)27-28-29(24)15-18-9-4-3-5-10-18/h3-11,17,19,21-22,25-26H,12-15H2,1-2H3. The van der Waals surface area contributed by atoms with Crippen LogP contribution < -0.4 is 10.9 Å². The Hall–Kier alpha value is -2.50. The van der Waals surface area contributed by atoms with E-state index < -0.39 is 0 Å². The third kappa shape index (κ3) is 3.49. The van der Waals surface area contributed by atoms with Crippen LogP contribution in [0.3, 0.4) is 0 Å². The third-order valence-electron chi connectivity index (χ3n) is 6.76. The zero-order valence-corrected chi connectivity index (χ0v) is 17.2. The maximum absolute atomic E-state index is 4.76. The fraction of sp³-hybridized carbons (Fsp3) is 0.417. The normalized spacial score (nSPS) is 26.4. The van der Waals surface area contributed by atoms with Gasteiger partial charge < -0.3 is 0 Å². The number of nitrogens with zero attached hydrogens (tertiary/aromatic N) is 3. The molecule has 5 rings (SSSR count). The molecule has 1 aromatic heterocycles. The average Bonchev–Trinajstić information content (AvgIpc) is 3.33. The summed E-state index contributed by atoms with van der Waals surface area (Å²) >= 11 is 0. The van der Waals surface area contributed by atoms with Crippen LogP contribution in [-0.4, -0.2) is 27.1 Å². The van der Waals surface area contributed by atoms with E-state index in [1.807, 2.05) is 0 Å². The summed E-state index contributed by atoms with van der Waals surface area (Å²) < 4.78 is 2.10. The molecule has 1 aliphatic heterocycles. The van der Waals surface area contributed by atoms with E-state index >= 15 is 0 Å². The molecule has 2 fully saturated rings. The molecule has 2 aromatic carbocycles. The van der Waals surface area contributed by atoms with Crippen molar-refractivity contribution in [2.24, 2.45) is 5.92 Å². The second kappa shape index (κ2) is 7.73. The highest BCUT2D eigenvalue weighted by Gasteiger charge is 2.40. The lowest BCUT2D eigenvalue weighted by atomic mass is 9.74. The van der Waals surface area contributed by atoms with E-state index in [1.165, 1.54) is 34.5 Å². The Bertz CT molecular complexity index is 980. The minimum atomic E-state index is 0.458. The summed E-state index contributed by atoms with van der Waals surface area (Å²) in [7, 11) is 0. The van der Waals surface area contributed by atoms with Crippen LogP contribution in [0.4, 0.5) is 0 Å². The van der Waals surface area contributed by atoms with Crippen molar-refractivity contribution in [3.05, 3.63) is 71.4 Å². The van der Waals surface area contributed by atoms with Crippen LogP contribution in [0.2, 0.25) is 0 Å². The molecule has 4 atom stereocenters. The first-order valence-electron chi connectivity index (χ1n) is 10.7. The monoisotopic (exact) mass is 387 g/mol. The minimum absolute atomic E-state index is 0.458. The van der Waals surface area contributed by atoms with Gasteiger partial charge in [-0.1, -0.05) is 59.8 Å². The van der Waals surface area contributed by atoms with Crippen molar-refractivity contribution in [1.29, 1.82) is 0 Å². The first-order chi connectivity index (χ1) is 14.2. The molecular formula is C24H29N5. The zero-order chi connectivity index (χ0) is 19.8. The van der Waals surface area contributed by atoms with Crippen LogP contribution in [0, 0.1) is 12.8 Å². The Morgan fingerprint density at radius 2 is 1.79 bits per heavy atom. The lowest BCUT2D eigenvalue weighted by molar-refractivity contribution is 0.280. The zero-order valence-electron chi connectivity index (χ0n) is 17.2. The van der Waals surface area contributed by atoms with Crippen molar-refractivity contribution in [1.82, 2.24) is 25.8 Å². The van der Waals surface area contributed by atoms with E-state index in [-0.39, 0.29) is 0 Å². The first-order valence-corrected chi connectivity index (χ1v) is 10.7. The number of benzene rings is 2. The molecule has 5 nitrogen and oxygen atoms in total. The Labute approximate surface area is 172 Å². The Morgan fingerprint density at radius 3 is 2.62 bits per heavy atom. The molecular weight excluding hydrogens is 358 g/mol. The van der Waals surface area contributed by atoms with Crippen LogP contribution >= 0.6 is 0 Å². The van der Waals surface area contributed by atoms with Gasteiger partial charge in [-0.15, -0.1) is 5.10 Å². The van der Waals surface area contributed by atoms with Crippen LogP contribution in [-0.2, 0) is 6.54 Å². The van der Waals surface area contributed by atoms with E-state index in [2.05, 4.69) is 89.2 Å². The van der Waals surface area contributed by atoms with E-state index in [0.29, 0.717) is 23.9 Å². The van der Waals surface area contributed by atoms with Gasteiger partial charge in [-0.25, -0.2) is 4.68 Å². The van der Waals surface area contributed by atoms with Gasteiger partial charge in [0.05, 0.1) is 17.9 Å². The van der Waals surface area contributed by atoms with Gasteiger partial charge in [0, 0.05) is 23.6 Å². The first kappa shape index (κ1) is 18.5. The molecule has 0 amide bonds. The van der Waals surface area contributed by atoms with E-state index in [4.69, 9.17) is 5.10 Å². The van der Waals surface area contributed by atoms with E-state index in [9.17, 15) is 0 Å². The number of hydrogen-bond donors (Lipinski definition) is 2. The van der Waals surface area contributed by atoms with E-state index in [0.717, 1.165) is 19.4 Å². The third-order valence-corrected chi connectivity index (χ3v) is 6.76. The summed E-state index contributed by atoms with van der Waals surface area (Å²) in [6.07, 6.45) is 3.51. The molecule has 150 valence electrons. The molecule has 3 aromatic rings. The molecule has 29 heavy (non-hydrogen) atoms. The molecule has 0 bridgehead atoms. The molecule has 2 heterocycles. The number of rotatable bonds is 4. The molecule has 1 saturated heterocycles. The lowest BCUT2D eigenvalue weighted by Crippen LogP contribution is -2.34. The van der Waals surface area contributed by atoms with Crippen molar-refractivity contribution in [3.8, 4) is 11.3 Å². The minimum Gasteiger partial charge on any atom is -0.254 e. The van der Waals surface area contributed by atoms with Gasteiger partial charge in [0.1, 0.15) is 0 Å². The molecule has 1 saturated carbocycles. The summed E-state index contributed by atoms with van der Waals surface area (Å²) in [6.45, 7) is 5.22. The Kier molecular flexibility index (Phi) is 4.94. The highest BCUT2D eigenvalue weighted by atomic mass is 15.4. The quantitative estimate of drug-likeness (QED) is 0.709. The van der Waals surface area contributed by atoms with E-state index in [1.54, 1.807) is 0 Å². The summed E-state index contributed by atoms with van der Waals surface area (Å²) in [5, 5.41) is 9.41. The van der Waals surface area contributed by atoms with Crippen molar-refractivity contribution < 1.29 is 0 Å². The second-order valence-electron chi connectivity index (χ2n) is 8.64. The molecule has 2 N–H and O–H groups in total. The molecule has 0 spiro atoms. The topological polar surface area (TPSA) is 54.8 Å². The number of aryl methyl sites for hydroxylation is 1. The fourth-order valence-electron chi connectivity index (χ4n) is 5.12. The number of nitrogens with one attached hydrogen (secondary N) is 2. The maximum Gasteiger partial charge on any atom is 0.0938 e. The molecule has 5 heteroatoms. The van der Waals surface area contributed by atoms with Gasteiger partial charge in [0.2, 0.25) is 0 Å². The predicted octanol–water partition coefficient (Wildman–Crippen LogP) is 4.05. The smallest absolute Gasteiger partial charge is 0.0938 e. The van der Waals surface area contributed by atoms with Crippen LogP contribution in [0.5, 0.6) is 0 Å². The average molecular weight is 388 g/mol. The fourth-order valence-corrected chi connectivity index (χ4v) is 5.12. The lowest BCUT2D eigenvalue weighted by Gasteiger charge is -2.32. The van der Waals surface area contributed by atoms with Gasteiger partial charge >= 0.3 is 0 Å². The highest BCUT2D eigenvalue weighted by Crippen LogP contribution is 2.42. The second-order valence-corrected chi connectivity index (χ2v) is 8.64. The van der Waals surface area contributed by atoms with Crippen LogP contribution in [0.25, 0.3) is 11.3 Å². The summed E-state index contributed by atoms with van der Waals surface area (Å²) in [4.78, 5) is 0. The highest BCUT2D eigenvalue weighted by molar-refractivity contribution is 5.66. The number of hydrogen-bond acceptors (Lipinski definition) is 4. The van der Waals surface area contributed by atoms with Gasteiger partial charge in [0.25, 0.3) is 0 Å². The van der Waals surface area contributed by atoms with Crippen molar-refractivity contribution in [2.75, 3.05) is 0 Å². The predicted molar refractivity (Wildman–Crippen MR) is 115 cm³/mol. The number of fused-ring (bicyclic) bond motifs is 1. The Balaban J connectivity index is 1.54. The van der Waals surface area contributed by atoms with Crippen molar-refractivity contribution in [2.45, 2.75) is 57.7 Å². The van der Waals surface area contributed by atoms with Gasteiger partial charge in [0.15, 0.2) is 0 Å². The van der Waals surface area contributed by atoms with Gasteiger partial charge in [-0.3, -0.25) is 10.9 Å². The van der Waals surface area contributed by atoms with Crippen molar-refractivity contribution in [3.63, 3.8) is 0 Å². The summed E-state index contributed by atoms with van der Waals surface area (Å²) in [5.74, 6) is 1.11. The summed E-state index contributed by atoms with van der Waals surface area (Å²) in [5.41, 5.74) is 13.1. The molecule has 4 unspecified atom stereocenters. The maximum atomic E-state index is 4.76. The number of aromatic nitrogens is 3. The summed E-state index contributed by atoms with van der Waals surface area (Å²) in [6, 6.07) is 20.3. The Morgan fingerprint density at radius 1 is 1.00 bits per heavy atom. The number of hydrazine groups is 1. The SMILES string of the molecule is Cc1ccccc1-c1c(C2CCC3NNC(C)C3C2)nnn1Cc1ccccc1. The van der Waals surface area contributed by atoms with Crippen LogP contribution in [0.1, 0.15) is 48.9 Å². The van der Waals surface area contributed by atoms with Crippen LogP contribution in [0.15, 0.2) is 54.6 Å². The van der Waals surface area contributed by atoms with Gasteiger partial charge in [-0.05, 0) is 50.2 Å². The largest absolute Gasteiger partial charge is 0.254 e. The molecule has 0 radical (unpaired) electrons. The van der Waals surface area contributed by atoms with Crippen molar-refractivity contribution >= 4 is 0 Å². The van der Waals surface area contributed by atoms with Gasteiger partial charge in [-0.2, -0.15) is 0 Å². The molecule has 1 aliphatic carbocycles. The molecule has 2 aliphatic rings.